The van der Waals surface area contributed by atoms with Gasteiger partial charge in [0.25, 0.3) is 0 Å². The van der Waals surface area contributed by atoms with E-state index in [0.29, 0.717) is 60.9 Å². The summed E-state index contributed by atoms with van der Waals surface area (Å²) in [4.78, 5) is 170. The fraction of sp³-hybridized carbons (Fsp3) is 0.458. The van der Waals surface area contributed by atoms with E-state index in [-0.39, 0.29) is 127 Å². The van der Waals surface area contributed by atoms with Crippen LogP contribution < -0.4 is 47.9 Å². The largest absolute Gasteiger partial charge is 0.481 e. The summed E-state index contributed by atoms with van der Waals surface area (Å²) in [5, 5.41) is 91.1. The maximum Gasteiger partial charge on any atom is 0.351 e. The maximum atomic E-state index is 14.7. The predicted molar refractivity (Wildman–Crippen MR) is 387 cm³/mol. The Balaban J connectivity index is 1.12. The van der Waals surface area contributed by atoms with Crippen molar-refractivity contribution < 1.29 is 98.1 Å². The number of hydrogen-bond acceptors (Lipinski definition) is 17. The molecule has 0 fully saturated rings. The van der Waals surface area contributed by atoms with Crippen LogP contribution in [0.25, 0.3) is 0 Å². The van der Waals surface area contributed by atoms with Crippen LogP contribution in [-0.2, 0) is 83.2 Å². The van der Waals surface area contributed by atoms with E-state index in [1.54, 1.807) is 89.8 Å². The van der Waals surface area contributed by atoms with Crippen LogP contribution in [0.1, 0.15) is 112 Å². The average molecular weight is 1480 g/mol. The maximum absolute atomic E-state index is 14.7. The van der Waals surface area contributed by atoms with Gasteiger partial charge in [0.15, 0.2) is 5.11 Å². The number of carboxylic acids is 7. The number of nitrogens with one attached hydrogen (secondary N) is 9. The molecule has 7 amide bonds. The average Bonchev–Trinajstić information content (AvgIpc) is 1.37. The lowest BCUT2D eigenvalue weighted by molar-refractivity contribution is -0.142. The molecule has 0 radical (unpaired) electrons. The Bertz CT molecular complexity index is 3600. The van der Waals surface area contributed by atoms with Gasteiger partial charge in [0.2, 0.25) is 29.5 Å². The monoisotopic (exact) mass is 1480 g/mol. The van der Waals surface area contributed by atoms with Crippen molar-refractivity contribution in [1.29, 1.82) is 0 Å². The standard InChI is InChI=1S/C72H94N12O20S/c85-59(73-34-16-14-25-53(68(98)99)80-71(104)81-54(69(100)101)32-33-61(87)88)26-12-1-2-13-27-60(86)77-52(67(96)97)24-15-17-35-74-64(93)55(39-46-18-6-3-7-19-46)78-65(94)56(40-47-20-8-4-9-21-47)79-66(95)57(41-48-22-10-5-11-23-48)82-72(105)76-50-30-28-49(29-31-50)38-51-42-83(44-62(89)90)36-37-84(45-63(91)92)43-58(75-51)70(102)103/h3-11,18-23,28-31,51-57H,1-2,12-17,24-27,32-45H2,(H,73,85)(H,74,93)(H,77,86)(H,78,94)(H,79,95)(H,87,88)(H,89,90)(H,91,92)(H,96,97)(H,98,99)(H,100,101)(H,102,103)(H2,76,82,105)(H2,80,81,104)/b75-58-/t51?,52?,53-,54-,55?,56?,57?/m0/s1. The van der Waals surface area contributed by atoms with Crippen molar-refractivity contribution in [3.63, 3.8) is 0 Å². The third-order valence-corrected chi connectivity index (χ3v) is 17.0. The molecule has 4 aromatic rings. The highest BCUT2D eigenvalue weighted by Gasteiger charge is 2.32. The van der Waals surface area contributed by atoms with Crippen LogP contribution in [0.5, 0.6) is 0 Å². The van der Waals surface area contributed by atoms with Crippen LogP contribution in [0.2, 0.25) is 0 Å². The first kappa shape index (κ1) is 84.7. The predicted octanol–water partition coefficient (Wildman–Crippen LogP) is 2.82. The third kappa shape index (κ3) is 34.3. The van der Waals surface area contributed by atoms with Crippen molar-refractivity contribution >= 4 is 106 Å². The van der Waals surface area contributed by atoms with Gasteiger partial charge in [-0.3, -0.25) is 53.1 Å². The summed E-state index contributed by atoms with van der Waals surface area (Å²) in [6.45, 7) is -0.479. The molecular formula is C72H94N12O20S. The highest BCUT2D eigenvalue weighted by atomic mass is 32.1. The molecule has 0 saturated heterocycles. The van der Waals surface area contributed by atoms with Gasteiger partial charge in [-0.25, -0.2) is 24.0 Å². The lowest BCUT2D eigenvalue weighted by atomic mass is 10.0. The van der Waals surface area contributed by atoms with Crippen molar-refractivity contribution in [3.05, 3.63) is 138 Å². The molecule has 16 N–H and O–H groups in total. The number of benzene rings is 4. The first-order valence-corrected chi connectivity index (χ1v) is 35.0. The number of amides is 7. The Hall–Kier alpha value is -10.9. The summed E-state index contributed by atoms with van der Waals surface area (Å²) in [6, 6.07) is 24.5. The number of anilines is 1. The number of aliphatic imine (C=N–C) groups is 1. The Morgan fingerprint density at radius 1 is 0.429 bits per heavy atom. The van der Waals surface area contributed by atoms with Gasteiger partial charge in [-0.05, 0) is 111 Å². The minimum atomic E-state index is -1.54. The summed E-state index contributed by atoms with van der Waals surface area (Å²) >= 11 is 5.78. The molecule has 1 aliphatic rings. The summed E-state index contributed by atoms with van der Waals surface area (Å²) in [7, 11) is 0. The number of hydrogen-bond donors (Lipinski definition) is 16. The number of rotatable bonds is 46. The van der Waals surface area contributed by atoms with Crippen LogP contribution in [0.3, 0.4) is 0 Å². The molecule has 7 atom stereocenters. The van der Waals surface area contributed by atoms with E-state index in [1.165, 1.54) is 4.90 Å². The van der Waals surface area contributed by atoms with Crippen molar-refractivity contribution in [1.82, 2.24) is 52.3 Å². The SMILES string of the molecule is O=C(O)CC[C@H](NC(=O)N[C@@H](CCCCNC(=O)CCCCCCC(=O)NC(CCCCNC(=O)C(Cc1ccccc1)NC(=O)C(Cc1ccccc1)NC(=O)C(Cc1ccccc1)NC(=S)Nc1ccc(CC2CN(CC(=O)O)CCN(CC(=O)O)C/C(C(=O)O)=N/2)cc1)C(=O)O)C(=O)O)C(=O)O. The number of carbonyl (C=O) groups excluding carboxylic acids is 6. The highest BCUT2D eigenvalue weighted by molar-refractivity contribution is 7.80. The first-order chi connectivity index (χ1) is 50.2. The highest BCUT2D eigenvalue weighted by Crippen LogP contribution is 2.17. The normalized spacial score (nSPS) is 15.4. The van der Waals surface area contributed by atoms with Crippen LogP contribution >= 0.6 is 12.2 Å². The zero-order chi connectivity index (χ0) is 76.6. The fourth-order valence-electron chi connectivity index (χ4n) is 11.4. The van der Waals surface area contributed by atoms with E-state index in [0.717, 1.165) is 5.56 Å². The molecule has 4 aromatic carbocycles. The van der Waals surface area contributed by atoms with E-state index in [2.05, 4.69) is 52.8 Å². The van der Waals surface area contributed by atoms with Gasteiger partial charge >= 0.3 is 47.8 Å². The zero-order valence-corrected chi connectivity index (χ0v) is 58.9. The molecule has 33 heteroatoms. The molecule has 0 aromatic heterocycles. The minimum Gasteiger partial charge on any atom is -0.481 e. The molecule has 0 spiro atoms. The molecular weight excluding hydrogens is 1380 g/mol. The quantitative estimate of drug-likeness (QED) is 0.0223. The van der Waals surface area contributed by atoms with Crippen LogP contribution in [-0.4, -0.2) is 228 Å². The number of nitrogens with zero attached hydrogens (tertiary/aromatic N) is 3. The van der Waals surface area contributed by atoms with Gasteiger partial charge in [-0.15, -0.1) is 0 Å². The van der Waals surface area contributed by atoms with E-state index in [9.17, 15) is 93.0 Å². The molecule has 5 rings (SSSR count). The van der Waals surface area contributed by atoms with Crippen molar-refractivity contribution in [3.8, 4) is 0 Å². The molecule has 105 heavy (non-hydrogen) atoms. The lowest BCUT2D eigenvalue weighted by Gasteiger charge is -2.26. The van der Waals surface area contributed by atoms with Crippen LogP contribution in [0, 0.1) is 0 Å². The van der Waals surface area contributed by atoms with Crippen molar-refractivity contribution in [2.75, 3.05) is 57.7 Å². The second kappa shape index (κ2) is 45.9. The number of unbranched alkanes of at least 4 members (excludes halogenated alkanes) is 5. The number of carbonyl (C=O) groups is 13. The Morgan fingerprint density at radius 2 is 0.876 bits per heavy atom. The van der Waals surface area contributed by atoms with Gasteiger partial charge in [0, 0.05) is 83.5 Å². The van der Waals surface area contributed by atoms with E-state index in [4.69, 9.17) is 17.3 Å². The van der Waals surface area contributed by atoms with Gasteiger partial charge in [-0.1, -0.05) is 116 Å². The number of aliphatic carboxylic acids is 7. The van der Waals surface area contributed by atoms with Crippen molar-refractivity contribution in [2.45, 2.75) is 158 Å². The van der Waals surface area contributed by atoms with Gasteiger partial charge in [-0.2, -0.15) is 0 Å². The summed E-state index contributed by atoms with van der Waals surface area (Å²) in [5.41, 5.74) is 3.11. The molecule has 32 nitrogen and oxygen atoms in total. The molecule has 5 unspecified atom stereocenters. The Kier molecular flexibility index (Phi) is 37.1. The van der Waals surface area contributed by atoms with Gasteiger partial charge in [0.05, 0.1) is 19.1 Å². The molecule has 568 valence electrons. The summed E-state index contributed by atoms with van der Waals surface area (Å²) < 4.78 is 0. The second-order valence-electron chi connectivity index (χ2n) is 25.3. The smallest absolute Gasteiger partial charge is 0.351 e. The minimum absolute atomic E-state index is 0.0146. The Morgan fingerprint density at radius 3 is 1.36 bits per heavy atom. The molecule has 0 saturated carbocycles. The van der Waals surface area contributed by atoms with E-state index >= 15 is 0 Å². The summed E-state index contributed by atoms with van der Waals surface area (Å²) in [6.07, 6.45) is 2.99. The molecule has 1 aliphatic heterocycles. The van der Waals surface area contributed by atoms with Crippen LogP contribution in [0.4, 0.5) is 10.5 Å². The number of thiocarbonyl (C=S) groups is 1. The Labute approximate surface area is 611 Å². The number of carboxylic acid groups (broad SMARTS) is 7. The molecule has 0 bridgehead atoms. The second-order valence-corrected chi connectivity index (χ2v) is 25.8. The fourth-order valence-corrected chi connectivity index (χ4v) is 11.7. The van der Waals surface area contributed by atoms with Gasteiger partial charge in [0.1, 0.15) is 42.0 Å². The topological polar surface area (TPSA) is 491 Å². The van der Waals surface area contributed by atoms with E-state index in [1.807, 2.05) is 30.3 Å². The van der Waals surface area contributed by atoms with Gasteiger partial charge < -0.3 is 83.6 Å². The van der Waals surface area contributed by atoms with Crippen LogP contribution in [0.15, 0.2) is 120 Å². The first-order valence-electron chi connectivity index (χ1n) is 34.6. The number of urea groups is 1. The van der Waals surface area contributed by atoms with Crippen molar-refractivity contribution in [2.24, 2.45) is 4.99 Å². The zero-order valence-electron chi connectivity index (χ0n) is 58.1. The third-order valence-electron chi connectivity index (χ3n) is 16.8. The van der Waals surface area contributed by atoms with E-state index < -0.39 is 133 Å². The lowest BCUT2D eigenvalue weighted by Crippen LogP contribution is -2.58. The molecule has 0 aliphatic carbocycles. The molecule has 1 heterocycles. The summed E-state index contributed by atoms with van der Waals surface area (Å²) in [5.74, 6) is -11.5.